The molecule has 26 heavy (non-hydrogen) atoms. The first-order valence-electron chi connectivity index (χ1n) is 8.98. The molecular formula is C21H21NO4. The molecule has 0 heterocycles. The normalized spacial score (nSPS) is 21.8. The van der Waals surface area contributed by atoms with Gasteiger partial charge in [-0.15, -0.1) is 0 Å². The van der Waals surface area contributed by atoms with Crippen molar-refractivity contribution in [3.8, 4) is 11.1 Å². The summed E-state index contributed by atoms with van der Waals surface area (Å²) in [5.41, 5.74) is 4.63. The number of aliphatic hydroxyl groups is 1. The largest absolute Gasteiger partial charge is 0.449 e. The van der Waals surface area contributed by atoms with E-state index in [2.05, 4.69) is 29.6 Å². The zero-order chi connectivity index (χ0) is 18.1. The van der Waals surface area contributed by atoms with Gasteiger partial charge in [-0.3, -0.25) is 4.79 Å². The van der Waals surface area contributed by atoms with Crippen molar-refractivity contribution >= 4 is 11.9 Å². The number of ether oxygens (including phenoxy) is 1. The van der Waals surface area contributed by atoms with Crippen LogP contribution < -0.4 is 5.32 Å². The van der Waals surface area contributed by atoms with Crippen molar-refractivity contribution in [2.45, 2.75) is 37.3 Å². The molecule has 1 amide bonds. The van der Waals surface area contributed by atoms with E-state index >= 15 is 0 Å². The molecule has 0 bridgehead atoms. The van der Waals surface area contributed by atoms with Gasteiger partial charge in [-0.2, -0.15) is 0 Å². The molecule has 5 nitrogen and oxygen atoms in total. The lowest BCUT2D eigenvalue weighted by Gasteiger charge is -2.25. The average Bonchev–Trinajstić information content (AvgIpc) is 2.98. The molecule has 2 aromatic rings. The van der Waals surface area contributed by atoms with Crippen LogP contribution in [0.15, 0.2) is 48.5 Å². The molecule has 0 radical (unpaired) electrons. The van der Waals surface area contributed by atoms with E-state index in [-0.39, 0.29) is 18.3 Å². The molecular weight excluding hydrogens is 330 g/mol. The van der Waals surface area contributed by atoms with Gasteiger partial charge in [-0.25, -0.2) is 4.79 Å². The van der Waals surface area contributed by atoms with Crippen LogP contribution in [-0.4, -0.2) is 35.7 Å². The molecule has 0 saturated heterocycles. The third kappa shape index (κ3) is 2.99. The Balaban J connectivity index is 1.45. The van der Waals surface area contributed by atoms with E-state index < -0.39 is 18.2 Å². The third-order valence-corrected chi connectivity index (χ3v) is 5.28. The highest BCUT2D eigenvalue weighted by atomic mass is 16.5. The van der Waals surface area contributed by atoms with Gasteiger partial charge >= 0.3 is 6.09 Å². The van der Waals surface area contributed by atoms with Crippen molar-refractivity contribution in [1.82, 2.24) is 5.32 Å². The zero-order valence-corrected chi connectivity index (χ0v) is 14.4. The molecule has 0 aromatic heterocycles. The van der Waals surface area contributed by atoms with Gasteiger partial charge in [0, 0.05) is 5.92 Å². The van der Waals surface area contributed by atoms with E-state index in [1.54, 1.807) is 0 Å². The SMILES string of the molecule is O=C(N[C@H]1CCCC(O)C1=O)OCC1c2ccccc2-c2ccccc21. The smallest absolute Gasteiger partial charge is 0.407 e. The van der Waals surface area contributed by atoms with E-state index in [0.29, 0.717) is 19.3 Å². The van der Waals surface area contributed by atoms with Crippen LogP contribution >= 0.6 is 0 Å². The predicted octanol–water partition coefficient (Wildman–Crippen LogP) is 3.01. The lowest BCUT2D eigenvalue weighted by atomic mass is 9.92. The first kappa shape index (κ1) is 16.8. The number of fused-ring (bicyclic) bond motifs is 3. The molecule has 1 unspecified atom stereocenters. The lowest BCUT2D eigenvalue weighted by Crippen LogP contribution is -2.48. The molecule has 4 rings (SSSR count). The topological polar surface area (TPSA) is 75.6 Å². The predicted molar refractivity (Wildman–Crippen MR) is 96.9 cm³/mol. The molecule has 2 N–H and O–H groups in total. The Kier molecular flexibility index (Phi) is 4.47. The maximum absolute atomic E-state index is 12.2. The Bertz CT molecular complexity index is 802. The minimum atomic E-state index is -0.984. The maximum Gasteiger partial charge on any atom is 0.407 e. The Morgan fingerprint density at radius 1 is 1.04 bits per heavy atom. The minimum absolute atomic E-state index is 0.0132. The van der Waals surface area contributed by atoms with Crippen molar-refractivity contribution in [3.63, 3.8) is 0 Å². The molecule has 134 valence electrons. The van der Waals surface area contributed by atoms with Gasteiger partial charge in [0.1, 0.15) is 12.7 Å². The van der Waals surface area contributed by atoms with Gasteiger partial charge in [-0.1, -0.05) is 48.5 Å². The van der Waals surface area contributed by atoms with Crippen molar-refractivity contribution in [1.29, 1.82) is 0 Å². The van der Waals surface area contributed by atoms with Crippen LogP contribution in [0.3, 0.4) is 0 Å². The van der Waals surface area contributed by atoms with Gasteiger partial charge in [0.05, 0.1) is 6.04 Å². The number of nitrogens with one attached hydrogen (secondary N) is 1. The average molecular weight is 351 g/mol. The summed E-state index contributed by atoms with van der Waals surface area (Å²) in [6.07, 6.45) is 0.116. The molecule has 5 heteroatoms. The fourth-order valence-electron chi connectivity index (χ4n) is 3.96. The monoisotopic (exact) mass is 351 g/mol. The first-order valence-corrected chi connectivity index (χ1v) is 8.98. The summed E-state index contributed by atoms with van der Waals surface area (Å²) in [4.78, 5) is 24.1. The number of hydrogen-bond acceptors (Lipinski definition) is 4. The lowest BCUT2D eigenvalue weighted by molar-refractivity contribution is -0.131. The molecule has 1 fully saturated rings. The number of rotatable bonds is 3. The van der Waals surface area contributed by atoms with E-state index in [0.717, 1.165) is 11.1 Å². The van der Waals surface area contributed by atoms with Gasteiger partial charge in [-0.05, 0) is 41.5 Å². The van der Waals surface area contributed by atoms with Gasteiger partial charge in [0.15, 0.2) is 5.78 Å². The number of ketones is 1. The van der Waals surface area contributed by atoms with Crippen molar-refractivity contribution in [3.05, 3.63) is 59.7 Å². The molecule has 2 atom stereocenters. The third-order valence-electron chi connectivity index (χ3n) is 5.28. The van der Waals surface area contributed by atoms with Gasteiger partial charge in [0.25, 0.3) is 0 Å². The van der Waals surface area contributed by atoms with Crippen molar-refractivity contribution < 1.29 is 19.4 Å². The number of amides is 1. The maximum atomic E-state index is 12.2. The van der Waals surface area contributed by atoms with E-state index in [1.807, 2.05) is 24.3 Å². The number of carbonyl (C=O) groups excluding carboxylic acids is 2. The standard InChI is InChI=1S/C21H21NO4/c23-19-11-5-10-18(20(19)24)22-21(25)26-12-17-15-8-3-1-6-13(15)14-7-2-4-9-16(14)17/h1-4,6-9,17-19,23H,5,10-12H2,(H,22,25)/t18-,19?/m0/s1. The number of Topliss-reactive ketones (excluding diaryl/α,β-unsaturated/α-hetero) is 1. The quantitative estimate of drug-likeness (QED) is 0.891. The van der Waals surface area contributed by atoms with Crippen LogP contribution in [0.1, 0.15) is 36.3 Å². The second-order valence-corrected chi connectivity index (χ2v) is 6.87. The highest BCUT2D eigenvalue weighted by molar-refractivity contribution is 5.91. The number of aliphatic hydroxyl groups excluding tert-OH is 1. The fourth-order valence-corrected chi connectivity index (χ4v) is 3.96. The van der Waals surface area contributed by atoms with Crippen LogP contribution in [0.25, 0.3) is 11.1 Å². The molecule has 2 aromatic carbocycles. The van der Waals surface area contributed by atoms with Crippen LogP contribution in [0.4, 0.5) is 4.79 Å². The Labute approximate surface area is 152 Å². The highest BCUT2D eigenvalue weighted by Crippen LogP contribution is 2.44. The second kappa shape index (κ2) is 6.92. The molecule has 2 aliphatic carbocycles. The Morgan fingerprint density at radius 3 is 2.31 bits per heavy atom. The molecule has 0 aliphatic heterocycles. The van der Waals surface area contributed by atoms with Crippen LogP contribution in [0.2, 0.25) is 0 Å². The summed E-state index contributed by atoms with van der Waals surface area (Å²) in [6.45, 7) is 0.212. The summed E-state index contributed by atoms with van der Waals surface area (Å²) < 4.78 is 5.44. The van der Waals surface area contributed by atoms with E-state index in [4.69, 9.17) is 4.74 Å². The van der Waals surface area contributed by atoms with Crippen molar-refractivity contribution in [2.24, 2.45) is 0 Å². The zero-order valence-electron chi connectivity index (χ0n) is 14.4. The number of benzene rings is 2. The summed E-state index contributed by atoms with van der Waals surface area (Å²) in [5, 5.41) is 12.2. The van der Waals surface area contributed by atoms with Crippen LogP contribution in [0.5, 0.6) is 0 Å². The minimum Gasteiger partial charge on any atom is -0.449 e. The van der Waals surface area contributed by atoms with Gasteiger partial charge in [0.2, 0.25) is 0 Å². The van der Waals surface area contributed by atoms with Crippen LogP contribution in [-0.2, 0) is 9.53 Å². The first-order chi connectivity index (χ1) is 12.6. The Morgan fingerprint density at radius 2 is 1.65 bits per heavy atom. The summed E-state index contributed by atoms with van der Waals surface area (Å²) in [7, 11) is 0. The number of carbonyl (C=O) groups is 2. The number of alkyl carbamates (subject to hydrolysis) is 1. The van der Waals surface area contributed by atoms with Gasteiger partial charge < -0.3 is 15.2 Å². The molecule has 0 spiro atoms. The highest BCUT2D eigenvalue weighted by Gasteiger charge is 2.32. The summed E-state index contributed by atoms with van der Waals surface area (Å²) in [5.74, 6) is -0.342. The molecule has 2 aliphatic rings. The Hall–Kier alpha value is -2.66. The fraction of sp³-hybridized carbons (Fsp3) is 0.333. The van der Waals surface area contributed by atoms with Crippen LogP contribution in [0, 0.1) is 0 Å². The van der Waals surface area contributed by atoms with E-state index in [1.165, 1.54) is 11.1 Å². The number of hydrogen-bond donors (Lipinski definition) is 2. The summed E-state index contributed by atoms with van der Waals surface area (Å²) >= 11 is 0. The van der Waals surface area contributed by atoms with E-state index in [9.17, 15) is 14.7 Å². The second-order valence-electron chi connectivity index (χ2n) is 6.87. The summed E-state index contributed by atoms with van der Waals surface area (Å²) in [6, 6.07) is 15.6. The van der Waals surface area contributed by atoms with Crippen molar-refractivity contribution in [2.75, 3.05) is 6.61 Å². The molecule has 1 saturated carbocycles.